The molecule has 0 saturated carbocycles. The van der Waals surface area contributed by atoms with E-state index >= 15 is 0 Å². The van der Waals surface area contributed by atoms with E-state index in [0.717, 1.165) is 22.5 Å². The van der Waals surface area contributed by atoms with E-state index in [1.165, 1.54) is 20.0 Å². The van der Waals surface area contributed by atoms with E-state index in [1.54, 1.807) is 6.07 Å². The van der Waals surface area contributed by atoms with Gasteiger partial charge in [0.1, 0.15) is 4.88 Å². The first kappa shape index (κ1) is 20.1. The molecule has 134 valence electrons. The number of amides is 3. The number of urea groups is 1. The third-order valence-electron chi connectivity index (χ3n) is 2.72. The molecule has 0 aliphatic rings. The topological polar surface area (TPSA) is 131 Å². The van der Waals surface area contributed by atoms with Crippen LogP contribution in [-0.4, -0.2) is 52.3 Å². The van der Waals surface area contributed by atoms with Crippen molar-refractivity contribution in [3.8, 4) is 0 Å². The number of rotatable bonds is 7. The highest BCUT2D eigenvalue weighted by Gasteiger charge is 2.21. The molecule has 9 nitrogen and oxygen atoms in total. The lowest BCUT2D eigenvalue weighted by Gasteiger charge is -2.11. The molecule has 0 spiro atoms. The van der Waals surface area contributed by atoms with Crippen LogP contribution in [0, 0.1) is 0 Å². The molecule has 1 rings (SSSR count). The van der Waals surface area contributed by atoms with Crippen molar-refractivity contribution in [1.82, 2.24) is 15.4 Å². The lowest BCUT2D eigenvalue weighted by atomic mass is 10.3. The summed E-state index contributed by atoms with van der Waals surface area (Å²) in [5, 5.41) is 4.22. The highest BCUT2D eigenvalue weighted by molar-refractivity contribution is 7.88. The molecule has 3 N–H and O–H groups in total. The maximum absolute atomic E-state index is 12.0. The fourth-order valence-electron chi connectivity index (χ4n) is 1.53. The van der Waals surface area contributed by atoms with Crippen molar-refractivity contribution in [3.05, 3.63) is 21.9 Å². The monoisotopic (exact) mass is 377 g/mol. The summed E-state index contributed by atoms with van der Waals surface area (Å²) < 4.78 is 29.3. The SMILES string of the molecule is CNC(=O)NC(=O)[C@H](C)OC(=O)c1ccc(CCNS(C)(=O)=O)s1. The molecular formula is C13H19N3O6S2. The predicted molar refractivity (Wildman–Crippen MR) is 88.3 cm³/mol. The van der Waals surface area contributed by atoms with Crippen LogP contribution >= 0.6 is 11.3 Å². The highest BCUT2D eigenvalue weighted by atomic mass is 32.2. The van der Waals surface area contributed by atoms with Crippen molar-refractivity contribution in [3.63, 3.8) is 0 Å². The largest absolute Gasteiger partial charge is 0.448 e. The number of thiophene rings is 1. The van der Waals surface area contributed by atoms with E-state index in [9.17, 15) is 22.8 Å². The summed E-state index contributed by atoms with van der Waals surface area (Å²) in [5.41, 5.74) is 0. The zero-order valence-corrected chi connectivity index (χ0v) is 15.0. The average molecular weight is 377 g/mol. The number of carbonyl (C=O) groups is 3. The molecule has 0 aliphatic heterocycles. The van der Waals surface area contributed by atoms with Crippen LogP contribution in [0.5, 0.6) is 0 Å². The number of carbonyl (C=O) groups excluding carboxylic acids is 3. The van der Waals surface area contributed by atoms with Crippen LogP contribution in [0.1, 0.15) is 21.5 Å². The van der Waals surface area contributed by atoms with Crippen LogP contribution in [0.25, 0.3) is 0 Å². The number of imide groups is 1. The third-order valence-corrected chi connectivity index (χ3v) is 4.57. The molecule has 1 aromatic heterocycles. The quantitative estimate of drug-likeness (QED) is 0.566. The minimum Gasteiger partial charge on any atom is -0.448 e. The number of hydrogen-bond donors (Lipinski definition) is 3. The Morgan fingerprint density at radius 3 is 2.54 bits per heavy atom. The van der Waals surface area contributed by atoms with E-state index < -0.39 is 34.0 Å². The lowest BCUT2D eigenvalue weighted by Crippen LogP contribution is -2.43. The van der Waals surface area contributed by atoms with E-state index in [1.807, 2.05) is 5.32 Å². The van der Waals surface area contributed by atoms with Crippen molar-refractivity contribution in [1.29, 1.82) is 0 Å². The van der Waals surface area contributed by atoms with Gasteiger partial charge in [-0.25, -0.2) is 22.7 Å². The molecule has 0 radical (unpaired) electrons. The van der Waals surface area contributed by atoms with Crippen LogP contribution in [0.2, 0.25) is 0 Å². The maximum atomic E-state index is 12.0. The summed E-state index contributed by atoms with van der Waals surface area (Å²) in [7, 11) is -1.90. The Kier molecular flexibility index (Phi) is 7.32. The summed E-state index contributed by atoms with van der Waals surface area (Å²) in [6.45, 7) is 1.57. The van der Waals surface area contributed by atoms with Crippen LogP contribution in [0.3, 0.4) is 0 Å². The molecule has 24 heavy (non-hydrogen) atoms. The van der Waals surface area contributed by atoms with Crippen molar-refractivity contribution in [2.24, 2.45) is 0 Å². The Morgan fingerprint density at radius 2 is 1.96 bits per heavy atom. The van der Waals surface area contributed by atoms with Gasteiger partial charge in [0.15, 0.2) is 6.10 Å². The molecule has 0 saturated heterocycles. The number of hydrogen-bond acceptors (Lipinski definition) is 7. The van der Waals surface area contributed by atoms with Gasteiger partial charge >= 0.3 is 12.0 Å². The zero-order chi connectivity index (χ0) is 18.3. The van der Waals surface area contributed by atoms with Gasteiger partial charge < -0.3 is 10.1 Å². The molecule has 0 aromatic carbocycles. The molecule has 11 heteroatoms. The minimum absolute atomic E-state index is 0.221. The zero-order valence-electron chi connectivity index (χ0n) is 13.4. The summed E-state index contributed by atoms with van der Waals surface area (Å²) in [6, 6.07) is 2.52. The number of ether oxygens (including phenoxy) is 1. The fraction of sp³-hybridized carbons (Fsp3) is 0.462. The van der Waals surface area contributed by atoms with Crippen LogP contribution in [0.4, 0.5) is 4.79 Å². The Morgan fingerprint density at radius 1 is 1.29 bits per heavy atom. The van der Waals surface area contributed by atoms with Gasteiger partial charge in [0.2, 0.25) is 10.0 Å². The number of nitrogens with one attached hydrogen (secondary N) is 3. The molecule has 0 fully saturated rings. The Balaban J connectivity index is 2.53. The summed E-state index contributed by atoms with van der Waals surface area (Å²) in [6.07, 6.45) is 0.361. The van der Waals surface area contributed by atoms with Gasteiger partial charge in [0, 0.05) is 18.5 Å². The van der Waals surface area contributed by atoms with Gasteiger partial charge in [0.25, 0.3) is 5.91 Å². The first-order valence-corrected chi connectivity index (χ1v) is 9.60. The second-order valence-corrected chi connectivity index (χ2v) is 7.80. The second kappa shape index (κ2) is 8.76. The van der Waals surface area contributed by atoms with Crippen LogP contribution < -0.4 is 15.4 Å². The van der Waals surface area contributed by atoms with E-state index in [-0.39, 0.29) is 11.4 Å². The molecule has 1 atom stereocenters. The molecule has 0 bridgehead atoms. The van der Waals surface area contributed by atoms with Crippen molar-refractivity contribution in [2.45, 2.75) is 19.4 Å². The van der Waals surface area contributed by atoms with Crippen molar-refractivity contribution >= 4 is 39.3 Å². The van der Waals surface area contributed by atoms with Gasteiger partial charge in [-0.15, -0.1) is 11.3 Å². The molecular weight excluding hydrogens is 358 g/mol. The van der Waals surface area contributed by atoms with Crippen LogP contribution in [-0.2, 0) is 26.0 Å². The van der Waals surface area contributed by atoms with Gasteiger partial charge in [-0.2, -0.15) is 0 Å². The standard InChI is InChI=1S/C13H19N3O6S2/c1-8(11(17)16-13(19)14-2)22-12(18)10-5-4-9(23-10)6-7-15-24(3,20)21/h4-5,8,15H,6-7H2,1-3H3,(H2,14,16,17,19)/t8-/m0/s1. The van der Waals surface area contributed by atoms with Crippen molar-refractivity contribution < 1.29 is 27.5 Å². The van der Waals surface area contributed by atoms with Gasteiger partial charge in [-0.1, -0.05) is 0 Å². The fourth-order valence-corrected chi connectivity index (χ4v) is 2.89. The Labute approximate surface area is 143 Å². The summed E-state index contributed by atoms with van der Waals surface area (Å²) in [4.78, 5) is 35.7. The Hall–Kier alpha value is -1.98. The van der Waals surface area contributed by atoms with E-state index in [2.05, 4.69) is 10.0 Å². The van der Waals surface area contributed by atoms with E-state index in [4.69, 9.17) is 4.74 Å². The maximum Gasteiger partial charge on any atom is 0.349 e. The first-order chi connectivity index (χ1) is 11.1. The summed E-state index contributed by atoms with van der Waals surface area (Å²) in [5.74, 6) is -1.43. The highest BCUT2D eigenvalue weighted by Crippen LogP contribution is 2.18. The van der Waals surface area contributed by atoms with Crippen LogP contribution in [0.15, 0.2) is 12.1 Å². The van der Waals surface area contributed by atoms with E-state index in [0.29, 0.717) is 6.42 Å². The molecule has 0 unspecified atom stereocenters. The first-order valence-electron chi connectivity index (χ1n) is 6.89. The molecule has 1 heterocycles. The third kappa shape index (κ3) is 7.06. The predicted octanol–water partition coefficient (Wildman–Crippen LogP) is -0.159. The van der Waals surface area contributed by atoms with Gasteiger partial charge in [0.05, 0.1) is 6.26 Å². The Bertz CT molecular complexity index is 713. The van der Waals surface area contributed by atoms with Crippen molar-refractivity contribution in [2.75, 3.05) is 19.8 Å². The number of esters is 1. The molecule has 0 aliphatic carbocycles. The normalized spacial score (nSPS) is 12.3. The van der Waals surface area contributed by atoms with Gasteiger partial charge in [-0.3, -0.25) is 10.1 Å². The average Bonchev–Trinajstić information content (AvgIpc) is 2.94. The van der Waals surface area contributed by atoms with Gasteiger partial charge in [-0.05, 0) is 25.5 Å². The number of sulfonamides is 1. The summed E-state index contributed by atoms with van der Waals surface area (Å²) >= 11 is 1.14. The second-order valence-electron chi connectivity index (χ2n) is 4.80. The smallest absolute Gasteiger partial charge is 0.349 e. The molecule has 1 aromatic rings. The minimum atomic E-state index is -3.26. The molecule has 3 amide bonds. The lowest BCUT2D eigenvalue weighted by molar-refractivity contribution is -0.127.